The van der Waals surface area contributed by atoms with Crippen molar-refractivity contribution >= 4 is 11.4 Å². The summed E-state index contributed by atoms with van der Waals surface area (Å²) in [5, 5.41) is 0. The quantitative estimate of drug-likeness (QED) is 0.725. The Bertz CT molecular complexity index is 270. The number of rotatable bonds is 6. The van der Waals surface area contributed by atoms with Crippen LogP contribution in [0.15, 0.2) is 18.2 Å². The number of nitrogens with zero attached hydrogens (tertiary/aromatic N) is 2. The molecule has 0 aliphatic heterocycles. The summed E-state index contributed by atoms with van der Waals surface area (Å²) in [5.74, 6) is 0. The topological polar surface area (TPSA) is 6.48 Å². The number of para-hydroxylation sites is 1. The third-order valence-corrected chi connectivity index (χ3v) is 3.00. The maximum Gasteiger partial charge on any atom is 0.0684 e. The van der Waals surface area contributed by atoms with Gasteiger partial charge in [-0.05, 0) is 33.8 Å². The van der Waals surface area contributed by atoms with Crippen molar-refractivity contribution < 1.29 is 0 Å². The normalized spacial score (nSPS) is 10.2. The lowest BCUT2D eigenvalue weighted by atomic mass is 10.2. The van der Waals surface area contributed by atoms with E-state index in [0.29, 0.717) is 0 Å². The van der Waals surface area contributed by atoms with Gasteiger partial charge in [-0.1, -0.05) is 12.1 Å². The summed E-state index contributed by atoms with van der Waals surface area (Å²) in [6.07, 6.45) is 0. The molecule has 0 atom stereocenters. The first kappa shape index (κ1) is 12.9. The van der Waals surface area contributed by atoms with E-state index in [4.69, 9.17) is 0 Å². The van der Waals surface area contributed by atoms with Gasteiger partial charge < -0.3 is 9.80 Å². The summed E-state index contributed by atoms with van der Waals surface area (Å²) in [6, 6.07) is 9.63. The minimum Gasteiger partial charge on any atom is -0.370 e. The Labute approximate surface area is 99.9 Å². The van der Waals surface area contributed by atoms with E-state index < -0.39 is 0 Å². The van der Waals surface area contributed by atoms with Crippen LogP contribution in [-0.4, -0.2) is 26.2 Å². The van der Waals surface area contributed by atoms with Crippen molar-refractivity contribution in [1.82, 2.24) is 0 Å². The lowest BCUT2D eigenvalue weighted by Gasteiger charge is -2.29. The highest BCUT2D eigenvalue weighted by molar-refractivity contribution is 5.70. The third-order valence-electron chi connectivity index (χ3n) is 3.00. The molecule has 0 unspecified atom stereocenters. The molecule has 0 aliphatic carbocycles. The summed E-state index contributed by atoms with van der Waals surface area (Å²) in [5.41, 5.74) is 2.53. The van der Waals surface area contributed by atoms with Crippen LogP contribution in [0.3, 0.4) is 0 Å². The van der Waals surface area contributed by atoms with Crippen molar-refractivity contribution in [2.75, 3.05) is 36.0 Å². The van der Waals surface area contributed by atoms with Gasteiger partial charge in [-0.2, -0.15) is 0 Å². The Morgan fingerprint density at radius 3 is 2.00 bits per heavy atom. The molecule has 0 amide bonds. The highest BCUT2D eigenvalue weighted by atomic mass is 15.2. The predicted octanol–water partition coefficient (Wildman–Crippen LogP) is 3.18. The molecule has 0 N–H and O–H groups in total. The Morgan fingerprint density at radius 2 is 1.50 bits per heavy atom. The highest BCUT2D eigenvalue weighted by Gasteiger charge is 2.11. The van der Waals surface area contributed by atoms with Gasteiger partial charge in [0.2, 0.25) is 0 Å². The average molecular weight is 219 g/mol. The summed E-state index contributed by atoms with van der Waals surface area (Å²) in [6.45, 7) is 12.9. The van der Waals surface area contributed by atoms with Gasteiger partial charge in [0.1, 0.15) is 0 Å². The molecule has 1 aromatic rings. The van der Waals surface area contributed by atoms with Crippen LogP contribution in [0.1, 0.15) is 27.7 Å². The minimum atomic E-state index is 1.03. The van der Waals surface area contributed by atoms with Crippen molar-refractivity contribution in [2.45, 2.75) is 27.7 Å². The first-order valence-corrected chi connectivity index (χ1v) is 6.28. The van der Waals surface area contributed by atoms with Crippen LogP contribution >= 0.6 is 0 Å². The molecule has 89 valence electrons. The van der Waals surface area contributed by atoms with E-state index in [1.165, 1.54) is 11.4 Å². The number of hydrogen-bond acceptors (Lipinski definition) is 2. The molecule has 0 aliphatic rings. The second-order valence-electron chi connectivity index (χ2n) is 3.75. The molecule has 16 heavy (non-hydrogen) atoms. The molecular formula is C14H23N2. The molecule has 1 rings (SSSR count). The maximum absolute atomic E-state index is 3.37. The van der Waals surface area contributed by atoms with Gasteiger partial charge in [0, 0.05) is 32.2 Å². The number of hydrogen-bond donors (Lipinski definition) is 0. The van der Waals surface area contributed by atoms with E-state index in [2.05, 4.69) is 55.7 Å². The Hall–Kier alpha value is -1.18. The lowest BCUT2D eigenvalue weighted by molar-refractivity contribution is 0.832. The maximum atomic E-state index is 3.37. The summed E-state index contributed by atoms with van der Waals surface area (Å²) >= 11 is 0. The molecule has 1 aromatic carbocycles. The number of anilines is 2. The Balaban J connectivity index is 3.07. The molecule has 0 aromatic heterocycles. The Kier molecular flexibility index (Phi) is 5.17. The molecule has 2 heteroatoms. The van der Waals surface area contributed by atoms with E-state index in [9.17, 15) is 0 Å². The number of benzene rings is 1. The van der Waals surface area contributed by atoms with Crippen LogP contribution in [0.2, 0.25) is 0 Å². The standard InChI is InChI=1S/C14H23N2/c1-5-15(6-2)13-11-9-10-12-14(13)16(7-3)8-4/h9-11H,5-8H2,1-4H3. The van der Waals surface area contributed by atoms with Gasteiger partial charge in [0.05, 0.1) is 11.4 Å². The van der Waals surface area contributed by atoms with Crippen molar-refractivity contribution in [3.8, 4) is 0 Å². The third kappa shape index (κ3) is 2.69. The minimum absolute atomic E-state index is 1.03. The van der Waals surface area contributed by atoms with E-state index in [1.54, 1.807) is 0 Å². The van der Waals surface area contributed by atoms with Gasteiger partial charge >= 0.3 is 0 Å². The van der Waals surface area contributed by atoms with E-state index in [-0.39, 0.29) is 0 Å². The smallest absolute Gasteiger partial charge is 0.0684 e. The fraction of sp³-hybridized carbons (Fsp3) is 0.571. The molecule has 0 fully saturated rings. The second-order valence-corrected chi connectivity index (χ2v) is 3.75. The summed E-state index contributed by atoms with van der Waals surface area (Å²) in [4.78, 5) is 4.73. The molecule has 2 nitrogen and oxygen atoms in total. The fourth-order valence-corrected chi connectivity index (χ4v) is 2.03. The monoisotopic (exact) mass is 219 g/mol. The molecular weight excluding hydrogens is 196 g/mol. The van der Waals surface area contributed by atoms with Crippen molar-refractivity contribution in [3.05, 3.63) is 24.3 Å². The molecule has 0 spiro atoms. The SMILES string of the molecule is CCN(CC)c1[c]cccc1N(CC)CC. The first-order valence-electron chi connectivity index (χ1n) is 6.28. The van der Waals surface area contributed by atoms with Crippen LogP contribution in [0, 0.1) is 6.07 Å². The largest absolute Gasteiger partial charge is 0.370 e. The molecule has 0 bridgehead atoms. The molecule has 1 radical (unpaired) electrons. The van der Waals surface area contributed by atoms with Crippen LogP contribution in [0.25, 0.3) is 0 Å². The van der Waals surface area contributed by atoms with Crippen LogP contribution < -0.4 is 9.80 Å². The van der Waals surface area contributed by atoms with Gasteiger partial charge in [-0.25, -0.2) is 0 Å². The van der Waals surface area contributed by atoms with Crippen LogP contribution in [0.5, 0.6) is 0 Å². The zero-order valence-corrected chi connectivity index (χ0v) is 11.0. The first-order chi connectivity index (χ1) is 7.78. The lowest BCUT2D eigenvalue weighted by Crippen LogP contribution is -2.28. The molecule has 0 saturated heterocycles. The summed E-state index contributed by atoms with van der Waals surface area (Å²) < 4.78 is 0. The van der Waals surface area contributed by atoms with Gasteiger partial charge in [0.25, 0.3) is 0 Å². The van der Waals surface area contributed by atoms with Crippen LogP contribution in [0.4, 0.5) is 11.4 Å². The highest BCUT2D eigenvalue weighted by Crippen LogP contribution is 2.28. The van der Waals surface area contributed by atoms with Crippen molar-refractivity contribution in [3.63, 3.8) is 0 Å². The molecule has 0 saturated carbocycles. The summed E-state index contributed by atoms with van der Waals surface area (Å²) in [7, 11) is 0. The zero-order chi connectivity index (χ0) is 12.0. The molecule has 0 heterocycles. The fourth-order valence-electron chi connectivity index (χ4n) is 2.03. The van der Waals surface area contributed by atoms with E-state index in [0.717, 1.165) is 26.2 Å². The van der Waals surface area contributed by atoms with Crippen molar-refractivity contribution in [2.24, 2.45) is 0 Å². The zero-order valence-electron chi connectivity index (χ0n) is 11.0. The van der Waals surface area contributed by atoms with Gasteiger partial charge in [-0.15, -0.1) is 0 Å². The van der Waals surface area contributed by atoms with E-state index >= 15 is 0 Å². The van der Waals surface area contributed by atoms with Crippen molar-refractivity contribution in [1.29, 1.82) is 0 Å². The van der Waals surface area contributed by atoms with Gasteiger partial charge in [0.15, 0.2) is 0 Å². The van der Waals surface area contributed by atoms with E-state index in [1.807, 2.05) is 6.07 Å². The predicted molar refractivity (Wildman–Crippen MR) is 72.4 cm³/mol. The second kappa shape index (κ2) is 6.41. The van der Waals surface area contributed by atoms with Crippen LogP contribution in [-0.2, 0) is 0 Å². The Morgan fingerprint density at radius 1 is 0.938 bits per heavy atom. The van der Waals surface area contributed by atoms with Gasteiger partial charge in [-0.3, -0.25) is 0 Å². The average Bonchev–Trinajstić information content (AvgIpc) is 2.34.